The Morgan fingerprint density at radius 2 is 1.67 bits per heavy atom. The number of pyridine rings is 1. The Hall–Kier alpha value is -3.93. The van der Waals surface area contributed by atoms with Crippen molar-refractivity contribution in [2.45, 2.75) is 26.2 Å². The van der Waals surface area contributed by atoms with Gasteiger partial charge < -0.3 is 9.47 Å². The fraction of sp³-hybridized carbons (Fsp3) is 0.222. The molecule has 6 nitrogen and oxygen atoms in total. The predicted octanol–water partition coefficient (Wildman–Crippen LogP) is 5.27. The summed E-state index contributed by atoms with van der Waals surface area (Å²) in [5.41, 5.74) is 2.96. The Balaban J connectivity index is 1.95. The van der Waals surface area contributed by atoms with Gasteiger partial charge in [-0.25, -0.2) is 9.97 Å². The van der Waals surface area contributed by atoms with Gasteiger partial charge in [-0.3, -0.25) is 9.36 Å². The van der Waals surface area contributed by atoms with Gasteiger partial charge in [-0.2, -0.15) is 0 Å². The molecule has 0 atom stereocenters. The van der Waals surface area contributed by atoms with Crippen molar-refractivity contribution in [1.82, 2.24) is 14.5 Å². The fourth-order valence-electron chi connectivity index (χ4n) is 3.58. The Labute approximate surface area is 193 Å². The van der Waals surface area contributed by atoms with Gasteiger partial charge in [-0.15, -0.1) is 0 Å². The second-order valence-corrected chi connectivity index (χ2v) is 8.73. The predicted molar refractivity (Wildman–Crippen MR) is 132 cm³/mol. The van der Waals surface area contributed by atoms with Gasteiger partial charge in [0, 0.05) is 6.07 Å². The Kier molecular flexibility index (Phi) is 6.01. The van der Waals surface area contributed by atoms with E-state index < -0.39 is 0 Å². The summed E-state index contributed by atoms with van der Waals surface area (Å²) in [6, 6.07) is 18.8. The minimum absolute atomic E-state index is 0.0619. The molecule has 2 heterocycles. The van der Waals surface area contributed by atoms with Gasteiger partial charge in [0.15, 0.2) is 0 Å². The van der Waals surface area contributed by atoms with E-state index >= 15 is 0 Å². The molecule has 0 aliphatic carbocycles. The monoisotopic (exact) mass is 441 g/mol. The van der Waals surface area contributed by atoms with Crippen LogP contribution in [0, 0.1) is 0 Å². The smallest absolute Gasteiger partial charge is 0.266 e. The van der Waals surface area contributed by atoms with Crippen molar-refractivity contribution in [3.8, 4) is 17.3 Å². The number of nitrogens with zero attached hydrogens (tertiary/aromatic N) is 3. The van der Waals surface area contributed by atoms with E-state index in [9.17, 15) is 4.79 Å². The molecule has 0 unspecified atom stereocenters. The molecule has 0 bridgehead atoms. The average molecular weight is 442 g/mol. The highest BCUT2D eigenvalue weighted by Crippen LogP contribution is 2.25. The van der Waals surface area contributed by atoms with E-state index in [2.05, 4.69) is 31.8 Å². The van der Waals surface area contributed by atoms with Crippen molar-refractivity contribution in [1.29, 1.82) is 0 Å². The van der Waals surface area contributed by atoms with Crippen LogP contribution in [0.15, 0.2) is 65.5 Å². The normalized spacial score (nSPS) is 11.8. The molecule has 0 saturated carbocycles. The van der Waals surface area contributed by atoms with Crippen LogP contribution in [0.4, 0.5) is 0 Å². The third-order valence-corrected chi connectivity index (χ3v) is 5.43. The fourth-order valence-corrected chi connectivity index (χ4v) is 3.58. The third kappa shape index (κ3) is 4.65. The van der Waals surface area contributed by atoms with Crippen LogP contribution in [-0.2, 0) is 5.41 Å². The van der Waals surface area contributed by atoms with Crippen molar-refractivity contribution in [3.63, 3.8) is 0 Å². The molecule has 0 spiro atoms. The molecule has 2 aromatic carbocycles. The van der Waals surface area contributed by atoms with Crippen LogP contribution in [0.5, 0.6) is 11.6 Å². The molecule has 6 heteroatoms. The highest BCUT2D eigenvalue weighted by Gasteiger charge is 2.17. The first-order valence-electron chi connectivity index (χ1n) is 10.7. The Bertz CT molecular complexity index is 1400. The quantitative estimate of drug-likeness (QED) is 0.422. The molecule has 33 heavy (non-hydrogen) atoms. The van der Waals surface area contributed by atoms with Gasteiger partial charge in [0.2, 0.25) is 5.88 Å². The molecule has 168 valence electrons. The number of aromatic nitrogens is 3. The summed E-state index contributed by atoms with van der Waals surface area (Å²) in [7, 11) is 3.16. The lowest BCUT2D eigenvalue weighted by Crippen LogP contribution is -2.23. The summed E-state index contributed by atoms with van der Waals surface area (Å²) in [6.07, 6.45) is 3.63. The van der Waals surface area contributed by atoms with Gasteiger partial charge in [-0.1, -0.05) is 39.0 Å². The second-order valence-electron chi connectivity index (χ2n) is 8.73. The second kappa shape index (κ2) is 8.90. The molecule has 4 aromatic rings. The lowest BCUT2D eigenvalue weighted by molar-refractivity contribution is 0.397. The standard InChI is InChI=1S/C27H27N3O3/c1-27(2,3)18-8-6-10-20(16-18)30-24(15-12-19-9-7-11-25(28-19)33-5)29-23-14-13-21(32-4)17-22(23)26(30)31/h6-17H,1-5H3/b15-12+. The van der Waals surface area contributed by atoms with Crippen molar-refractivity contribution >= 4 is 23.1 Å². The van der Waals surface area contributed by atoms with Gasteiger partial charge in [0.25, 0.3) is 5.56 Å². The zero-order chi connectivity index (χ0) is 23.6. The van der Waals surface area contributed by atoms with E-state index in [4.69, 9.17) is 14.5 Å². The lowest BCUT2D eigenvalue weighted by atomic mass is 9.87. The van der Waals surface area contributed by atoms with E-state index in [1.165, 1.54) is 0 Å². The maximum atomic E-state index is 13.7. The van der Waals surface area contributed by atoms with Crippen LogP contribution in [0.3, 0.4) is 0 Å². The van der Waals surface area contributed by atoms with E-state index in [1.807, 2.05) is 36.4 Å². The first-order valence-corrected chi connectivity index (χ1v) is 10.7. The number of hydrogen-bond donors (Lipinski definition) is 0. The number of fused-ring (bicyclic) bond motifs is 1. The topological polar surface area (TPSA) is 66.2 Å². The van der Waals surface area contributed by atoms with Gasteiger partial charge in [0.1, 0.15) is 11.6 Å². The van der Waals surface area contributed by atoms with Crippen LogP contribution in [0.25, 0.3) is 28.7 Å². The zero-order valence-electron chi connectivity index (χ0n) is 19.5. The maximum Gasteiger partial charge on any atom is 0.266 e. The van der Waals surface area contributed by atoms with E-state index in [1.54, 1.807) is 49.1 Å². The number of rotatable bonds is 5. The number of ether oxygens (including phenoxy) is 2. The summed E-state index contributed by atoms with van der Waals surface area (Å²) in [5.74, 6) is 1.64. The molecular formula is C27H27N3O3. The number of hydrogen-bond acceptors (Lipinski definition) is 5. The molecule has 0 amide bonds. The summed E-state index contributed by atoms with van der Waals surface area (Å²) >= 11 is 0. The van der Waals surface area contributed by atoms with Crippen molar-refractivity contribution in [3.05, 3.63) is 88.1 Å². The van der Waals surface area contributed by atoms with Crippen LogP contribution in [0.1, 0.15) is 37.9 Å². The van der Waals surface area contributed by atoms with Crippen LogP contribution < -0.4 is 15.0 Å². The molecule has 0 aliphatic heterocycles. The summed E-state index contributed by atoms with van der Waals surface area (Å²) < 4.78 is 12.2. The van der Waals surface area contributed by atoms with Crippen LogP contribution >= 0.6 is 0 Å². The van der Waals surface area contributed by atoms with E-state index in [-0.39, 0.29) is 11.0 Å². The number of methoxy groups -OCH3 is 2. The molecule has 0 radical (unpaired) electrons. The molecule has 2 aromatic heterocycles. The Morgan fingerprint density at radius 1 is 0.879 bits per heavy atom. The summed E-state index contributed by atoms with van der Waals surface area (Å²) in [4.78, 5) is 22.9. The molecule has 0 aliphatic rings. The van der Waals surface area contributed by atoms with Gasteiger partial charge >= 0.3 is 0 Å². The van der Waals surface area contributed by atoms with Crippen molar-refractivity contribution < 1.29 is 9.47 Å². The van der Waals surface area contributed by atoms with E-state index in [0.717, 1.165) is 11.3 Å². The lowest BCUT2D eigenvalue weighted by Gasteiger charge is -2.20. The SMILES string of the molecule is COc1ccc2nc(/C=C/c3cccc(OC)n3)n(-c3cccc(C(C)(C)C)c3)c(=O)c2c1. The minimum Gasteiger partial charge on any atom is -0.497 e. The summed E-state index contributed by atoms with van der Waals surface area (Å²) in [5, 5.41) is 0.493. The Morgan fingerprint density at radius 3 is 2.39 bits per heavy atom. The van der Waals surface area contributed by atoms with Crippen LogP contribution in [0.2, 0.25) is 0 Å². The van der Waals surface area contributed by atoms with Gasteiger partial charge in [-0.05, 0) is 59.5 Å². The van der Waals surface area contributed by atoms with Crippen molar-refractivity contribution in [2.24, 2.45) is 0 Å². The zero-order valence-corrected chi connectivity index (χ0v) is 19.5. The van der Waals surface area contributed by atoms with E-state index in [0.29, 0.717) is 34.1 Å². The molecule has 0 N–H and O–H groups in total. The average Bonchev–Trinajstić information content (AvgIpc) is 2.82. The highest BCUT2D eigenvalue weighted by atomic mass is 16.5. The van der Waals surface area contributed by atoms with Gasteiger partial charge in [0.05, 0.1) is 36.5 Å². The molecule has 0 fully saturated rings. The number of benzene rings is 2. The first-order chi connectivity index (χ1) is 15.8. The molecule has 0 saturated heterocycles. The minimum atomic E-state index is -0.164. The maximum absolute atomic E-state index is 13.7. The molecular weight excluding hydrogens is 414 g/mol. The third-order valence-electron chi connectivity index (χ3n) is 5.43. The first kappa shape index (κ1) is 22.3. The van der Waals surface area contributed by atoms with Crippen molar-refractivity contribution in [2.75, 3.05) is 14.2 Å². The highest BCUT2D eigenvalue weighted by molar-refractivity contribution is 5.81. The van der Waals surface area contributed by atoms with Crippen LogP contribution in [-0.4, -0.2) is 28.8 Å². The molecule has 4 rings (SSSR count). The summed E-state index contributed by atoms with van der Waals surface area (Å²) in [6.45, 7) is 6.44. The largest absolute Gasteiger partial charge is 0.497 e.